The lowest BCUT2D eigenvalue weighted by molar-refractivity contribution is -0.00515. The molecule has 0 saturated heterocycles. The third-order valence-corrected chi connectivity index (χ3v) is 4.31. The summed E-state index contributed by atoms with van der Waals surface area (Å²) >= 11 is 5.84. The van der Waals surface area contributed by atoms with E-state index < -0.39 is 15.6 Å². The van der Waals surface area contributed by atoms with Crippen LogP contribution in [-0.2, 0) is 14.8 Å². The Morgan fingerprint density at radius 1 is 1.45 bits per heavy atom. The average Bonchev–Trinajstić information content (AvgIpc) is 2.36. The first-order chi connectivity index (χ1) is 9.22. The summed E-state index contributed by atoms with van der Waals surface area (Å²) in [6, 6.07) is 5.87. The van der Waals surface area contributed by atoms with Gasteiger partial charge in [-0.3, -0.25) is 0 Å². The van der Waals surface area contributed by atoms with Crippen LogP contribution in [0.2, 0.25) is 5.02 Å². The minimum atomic E-state index is -3.68. The van der Waals surface area contributed by atoms with Crippen molar-refractivity contribution < 1.29 is 13.2 Å². The van der Waals surface area contributed by atoms with Crippen LogP contribution in [-0.4, -0.2) is 27.2 Å². The average molecular weight is 317 g/mol. The van der Waals surface area contributed by atoms with Crippen LogP contribution in [0.1, 0.15) is 26.3 Å². The van der Waals surface area contributed by atoms with Crippen molar-refractivity contribution in [3.63, 3.8) is 0 Å². The number of nitriles is 1. The quantitative estimate of drug-likeness (QED) is 0.873. The lowest BCUT2D eigenvalue weighted by Crippen LogP contribution is -2.40. The van der Waals surface area contributed by atoms with Crippen LogP contribution in [0.4, 0.5) is 0 Å². The summed E-state index contributed by atoms with van der Waals surface area (Å²) in [5, 5.41) is 8.88. The first kappa shape index (κ1) is 16.9. The molecule has 0 atom stereocenters. The predicted molar refractivity (Wildman–Crippen MR) is 77.1 cm³/mol. The highest BCUT2D eigenvalue weighted by molar-refractivity contribution is 7.89. The fraction of sp³-hybridized carbons (Fsp3) is 0.462. The van der Waals surface area contributed by atoms with Crippen molar-refractivity contribution in [2.45, 2.75) is 31.3 Å². The van der Waals surface area contributed by atoms with Gasteiger partial charge in [-0.2, -0.15) is 5.26 Å². The summed E-state index contributed by atoms with van der Waals surface area (Å²) in [4.78, 5) is 0.0220. The maximum absolute atomic E-state index is 12.1. The van der Waals surface area contributed by atoms with E-state index in [4.69, 9.17) is 21.6 Å². The molecule has 0 fully saturated rings. The highest BCUT2D eigenvalue weighted by Crippen LogP contribution is 2.20. The molecular formula is C13H17ClN2O3S. The normalized spacial score (nSPS) is 12.2. The van der Waals surface area contributed by atoms with Crippen LogP contribution >= 0.6 is 11.6 Å². The number of nitrogens with one attached hydrogen (secondary N) is 1. The van der Waals surface area contributed by atoms with Crippen molar-refractivity contribution in [3.05, 3.63) is 28.8 Å². The Hall–Kier alpha value is -1.13. The maximum Gasteiger partial charge on any atom is 0.240 e. The van der Waals surface area contributed by atoms with Crippen LogP contribution in [0, 0.1) is 11.3 Å². The second kappa shape index (κ2) is 6.55. The van der Waals surface area contributed by atoms with Gasteiger partial charge in [0.2, 0.25) is 10.0 Å². The van der Waals surface area contributed by atoms with Gasteiger partial charge in [-0.15, -0.1) is 0 Å². The van der Waals surface area contributed by atoms with Crippen molar-refractivity contribution in [2.75, 3.05) is 13.2 Å². The highest BCUT2D eigenvalue weighted by Gasteiger charge is 2.22. The lowest BCUT2D eigenvalue weighted by atomic mass is 10.1. The molecule has 0 radical (unpaired) electrons. The number of hydrogen-bond donors (Lipinski definition) is 1. The van der Waals surface area contributed by atoms with Gasteiger partial charge >= 0.3 is 0 Å². The first-order valence-corrected chi connectivity index (χ1v) is 7.91. The number of nitrogens with zero attached hydrogens (tertiary/aromatic N) is 1. The molecule has 1 aromatic rings. The van der Waals surface area contributed by atoms with E-state index in [0.717, 1.165) is 0 Å². The first-order valence-electron chi connectivity index (χ1n) is 6.05. The smallest absolute Gasteiger partial charge is 0.240 e. The molecule has 20 heavy (non-hydrogen) atoms. The van der Waals surface area contributed by atoms with Gasteiger partial charge < -0.3 is 4.74 Å². The molecule has 1 aromatic carbocycles. The summed E-state index contributed by atoms with van der Waals surface area (Å²) in [5.41, 5.74) is -0.363. The Morgan fingerprint density at radius 2 is 2.10 bits per heavy atom. The zero-order valence-corrected chi connectivity index (χ0v) is 13.2. The minimum Gasteiger partial charge on any atom is -0.375 e. The summed E-state index contributed by atoms with van der Waals surface area (Å²) in [6.45, 7) is 6.07. The van der Waals surface area contributed by atoms with Crippen molar-refractivity contribution >= 4 is 21.6 Å². The second-order valence-electron chi connectivity index (χ2n) is 4.77. The SMILES string of the molecule is CCOC(C)(C)CNS(=O)(=O)c1ccc(C#N)c(Cl)c1. The van der Waals surface area contributed by atoms with Crippen molar-refractivity contribution in [2.24, 2.45) is 0 Å². The Labute approximate surface area is 124 Å². The van der Waals surface area contributed by atoms with Crippen molar-refractivity contribution in [1.29, 1.82) is 5.26 Å². The molecule has 0 aliphatic heterocycles. The minimum absolute atomic E-state index is 0.0220. The van der Waals surface area contributed by atoms with E-state index in [1.165, 1.54) is 18.2 Å². The van der Waals surface area contributed by atoms with Crippen LogP contribution in [0.5, 0.6) is 0 Å². The van der Waals surface area contributed by atoms with Crippen molar-refractivity contribution in [1.82, 2.24) is 4.72 Å². The van der Waals surface area contributed by atoms with E-state index in [9.17, 15) is 8.42 Å². The molecule has 0 aliphatic carbocycles. The molecule has 0 heterocycles. The number of benzene rings is 1. The number of hydrogen-bond acceptors (Lipinski definition) is 4. The van der Waals surface area contributed by atoms with Crippen LogP contribution in [0.25, 0.3) is 0 Å². The van der Waals surface area contributed by atoms with Gasteiger partial charge in [-0.25, -0.2) is 13.1 Å². The van der Waals surface area contributed by atoms with Gasteiger partial charge in [0.15, 0.2) is 0 Å². The van der Waals surface area contributed by atoms with Gasteiger partial charge in [0.05, 0.1) is 21.1 Å². The zero-order valence-electron chi connectivity index (χ0n) is 11.6. The molecule has 110 valence electrons. The molecule has 0 aromatic heterocycles. The fourth-order valence-electron chi connectivity index (χ4n) is 1.55. The Balaban J connectivity index is 2.90. The second-order valence-corrected chi connectivity index (χ2v) is 6.94. The number of ether oxygens (including phenoxy) is 1. The Morgan fingerprint density at radius 3 is 2.60 bits per heavy atom. The zero-order chi connectivity index (χ0) is 15.4. The molecule has 0 aliphatic rings. The number of rotatable bonds is 6. The van der Waals surface area contributed by atoms with Gasteiger partial charge in [0, 0.05) is 13.2 Å². The molecule has 0 spiro atoms. The van der Waals surface area contributed by atoms with Crippen LogP contribution in [0.15, 0.2) is 23.1 Å². The predicted octanol–water partition coefficient (Wildman–Crippen LogP) is 2.31. The summed E-state index contributed by atoms with van der Waals surface area (Å²) in [6.07, 6.45) is 0. The standard InChI is InChI=1S/C13H17ClN2O3S/c1-4-19-13(2,3)9-16-20(17,18)11-6-5-10(8-15)12(14)7-11/h5-7,16H,4,9H2,1-3H3. The number of sulfonamides is 1. The van der Waals surface area contributed by atoms with E-state index >= 15 is 0 Å². The van der Waals surface area contributed by atoms with Crippen LogP contribution < -0.4 is 4.72 Å². The summed E-state index contributed by atoms with van der Waals surface area (Å²) in [7, 11) is -3.68. The molecule has 0 unspecified atom stereocenters. The molecular weight excluding hydrogens is 300 g/mol. The Bertz CT molecular complexity index is 621. The van der Waals surface area contributed by atoms with Gasteiger partial charge in [0.1, 0.15) is 6.07 Å². The molecule has 1 N–H and O–H groups in total. The van der Waals surface area contributed by atoms with E-state index in [2.05, 4.69) is 4.72 Å². The number of halogens is 1. The van der Waals surface area contributed by atoms with Crippen LogP contribution in [0.3, 0.4) is 0 Å². The van der Waals surface area contributed by atoms with E-state index in [-0.39, 0.29) is 22.0 Å². The molecule has 1 rings (SSSR count). The largest absolute Gasteiger partial charge is 0.375 e. The van der Waals surface area contributed by atoms with Gasteiger partial charge in [-0.1, -0.05) is 11.6 Å². The topological polar surface area (TPSA) is 79.2 Å². The van der Waals surface area contributed by atoms with Crippen molar-refractivity contribution in [3.8, 4) is 6.07 Å². The molecule has 7 heteroatoms. The highest BCUT2D eigenvalue weighted by atomic mass is 35.5. The third-order valence-electron chi connectivity index (χ3n) is 2.59. The third kappa shape index (κ3) is 4.46. The molecule has 0 bridgehead atoms. The van der Waals surface area contributed by atoms with E-state index in [1.54, 1.807) is 13.8 Å². The lowest BCUT2D eigenvalue weighted by Gasteiger charge is -2.24. The van der Waals surface area contributed by atoms with Gasteiger partial charge in [-0.05, 0) is 39.0 Å². The van der Waals surface area contributed by atoms with Gasteiger partial charge in [0.25, 0.3) is 0 Å². The summed E-state index contributed by atoms with van der Waals surface area (Å²) < 4.78 is 32.1. The fourth-order valence-corrected chi connectivity index (χ4v) is 3.06. The molecule has 5 nitrogen and oxygen atoms in total. The molecule has 0 saturated carbocycles. The monoisotopic (exact) mass is 316 g/mol. The summed E-state index contributed by atoms with van der Waals surface area (Å²) in [5.74, 6) is 0. The molecule has 0 amide bonds. The Kier molecular flexibility index (Phi) is 5.54. The van der Waals surface area contributed by atoms with E-state index in [0.29, 0.717) is 6.61 Å². The maximum atomic E-state index is 12.1. The van der Waals surface area contributed by atoms with E-state index in [1.807, 2.05) is 13.0 Å².